The lowest BCUT2D eigenvalue weighted by Crippen LogP contribution is -2.21. The van der Waals surface area contributed by atoms with E-state index >= 15 is 0 Å². The van der Waals surface area contributed by atoms with Crippen molar-refractivity contribution in [1.29, 1.82) is 0 Å². The quantitative estimate of drug-likeness (QED) is 0.760. The highest BCUT2D eigenvalue weighted by atomic mass is 16.5. The molecule has 0 atom stereocenters. The Labute approximate surface area is 106 Å². The molecule has 0 N–H and O–H groups in total. The van der Waals surface area contributed by atoms with E-state index in [1.807, 2.05) is 32.2 Å². The number of fused-ring (bicyclic) bond motifs is 1. The van der Waals surface area contributed by atoms with Crippen LogP contribution in [0.5, 0.6) is 0 Å². The molecule has 1 aromatic heterocycles. The number of aromatic nitrogens is 2. The van der Waals surface area contributed by atoms with E-state index in [2.05, 4.69) is 9.55 Å². The van der Waals surface area contributed by atoms with Gasteiger partial charge in [-0.05, 0) is 37.5 Å². The Morgan fingerprint density at radius 2 is 2.17 bits per heavy atom. The number of hydrogen-bond acceptors (Lipinski definition) is 3. The van der Waals surface area contributed by atoms with Crippen LogP contribution in [0, 0.1) is 6.92 Å². The molecule has 0 spiro atoms. The van der Waals surface area contributed by atoms with Crippen LogP contribution in [0.3, 0.4) is 0 Å². The molecule has 0 amide bonds. The predicted octanol–water partition coefficient (Wildman–Crippen LogP) is 2.09. The van der Waals surface area contributed by atoms with Gasteiger partial charge in [-0.15, -0.1) is 0 Å². The highest BCUT2D eigenvalue weighted by Crippen LogP contribution is 2.49. The van der Waals surface area contributed by atoms with Crippen molar-refractivity contribution in [2.24, 2.45) is 7.05 Å². The van der Waals surface area contributed by atoms with E-state index in [4.69, 9.17) is 4.74 Å². The lowest BCUT2D eigenvalue weighted by molar-refractivity contribution is -0.143. The molecule has 1 aliphatic rings. The topological polar surface area (TPSA) is 44.1 Å². The average Bonchev–Trinajstić information content (AvgIpc) is 3.13. The summed E-state index contributed by atoms with van der Waals surface area (Å²) < 4.78 is 6.96. The third-order valence-corrected chi connectivity index (χ3v) is 3.98. The molecule has 1 aliphatic carbocycles. The van der Waals surface area contributed by atoms with Crippen LogP contribution in [0.2, 0.25) is 0 Å². The Bertz CT molecular complexity index is 639. The van der Waals surface area contributed by atoms with Crippen molar-refractivity contribution in [2.75, 3.05) is 7.11 Å². The highest BCUT2D eigenvalue weighted by molar-refractivity contribution is 5.88. The number of nitrogens with zero attached hydrogens (tertiary/aromatic N) is 2. The molecule has 94 valence electrons. The molecule has 3 rings (SSSR count). The Balaban J connectivity index is 2.12. The fraction of sp³-hybridized carbons (Fsp3) is 0.429. The van der Waals surface area contributed by atoms with Crippen molar-refractivity contribution in [3.63, 3.8) is 0 Å². The van der Waals surface area contributed by atoms with E-state index in [9.17, 15) is 4.79 Å². The molecule has 4 heteroatoms. The van der Waals surface area contributed by atoms with Gasteiger partial charge < -0.3 is 9.30 Å². The Hall–Kier alpha value is -1.84. The SMILES string of the molecule is COC(=O)C1(c2ccc3c(c2)nc(C)n3C)CC1. The third kappa shape index (κ3) is 1.38. The fourth-order valence-corrected chi connectivity index (χ4v) is 2.55. The molecule has 1 saturated carbocycles. The number of esters is 1. The second kappa shape index (κ2) is 3.57. The molecule has 0 radical (unpaired) electrons. The van der Waals surface area contributed by atoms with Crippen molar-refractivity contribution in [3.8, 4) is 0 Å². The molecule has 1 aromatic carbocycles. The maximum atomic E-state index is 11.9. The van der Waals surface area contributed by atoms with Crippen LogP contribution in [0.1, 0.15) is 24.2 Å². The van der Waals surface area contributed by atoms with E-state index in [1.54, 1.807) is 0 Å². The first-order valence-electron chi connectivity index (χ1n) is 6.10. The number of aryl methyl sites for hydroxylation is 2. The minimum atomic E-state index is -0.408. The van der Waals surface area contributed by atoms with Crippen molar-refractivity contribution in [3.05, 3.63) is 29.6 Å². The molecule has 0 unspecified atom stereocenters. The van der Waals surface area contributed by atoms with Crippen LogP contribution in [0.4, 0.5) is 0 Å². The molecule has 18 heavy (non-hydrogen) atoms. The normalized spacial score (nSPS) is 16.8. The van der Waals surface area contributed by atoms with Gasteiger partial charge in [-0.25, -0.2) is 4.98 Å². The van der Waals surface area contributed by atoms with Crippen molar-refractivity contribution in [1.82, 2.24) is 9.55 Å². The van der Waals surface area contributed by atoms with Gasteiger partial charge in [0.25, 0.3) is 0 Å². The molecule has 0 bridgehead atoms. The second-order valence-electron chi connectivity index (χ2n) is 5.00. The first kappa shape index (κ1) is 11.3. The summed E-state index contributed by atoms with van der Waals surface area (Å²) in [5.74, 6) is 0.847. The van der Waals surface area contributed by atoms with Gasteiger partial charge in [-0.2, -0.15) is 0 Å². The largest absolute Gasteiger partial charge is 0.468 e. The van der Waals surface area contributed by atoms with Crippen LogP contribution in [-0.2, 0) is 22.0 Å². The number of ether oxygens (including phenoxy) is 1. The van der Waals surface area contributed by atoms with Gasteiger partial charge in [-0.1, -0.05) is 6.07 Å². The number of methoxy groups -OCH3 is 1. The van der Waals surface area contributed by atoms with E-state index in [-0.39, 0.29) is 5.97 Å². The Morgan fingerprint density at radius 3 is 2.78 bits per heavy atom. The number of imidazole rings is 1. The van der Waals surface area contributed by atoms with Crippen LogP contribution in [0.25, 0.3) is 11.0 Å². The summed E-state index contributed by atoms with van der Waals surface area (Å²) in [6.45, 7) is 1.98. The lowest BCUT2D eigenvalue weighted by Gasteiger charge is -2.12. The molecule has 2 aromatic rings. The molecule has 0 saturated heterocycles. The van der Waals surface area contributed by atoms with Crippen LogP contribution >= 0.6 is 0 Å². The first-order valence-corrected chi connectivity index (χ1v) is 6.10. The van der Waals surface area contributed by atoms with Crippen molar-refractivity contribution in [2.45, 2.75) is 25.2 Å². The first-order chi connectivity index (χ1) is 8.58. The maximum Gasteiger partial charge on any atom is 0.316 e. The summed E-state index contributed by atoms with van der Waals surface area (Å²) in [5.41, 5.74) is 2.66. The zero-order valence-corrected chi connectivity index (χ0v) is 10.9. The van der Waals surface area contributed by atoms with Gasteiger partial charge >= 0.3 is 5.97 Å². The van der Waals surface area contributed by atoms with Crippen molar-refractivity contribution < 1.29 is 9.53 Å². The summed E-state index contributed by atoms with van der Waals surface area (Å²) >= 11 is 0. The average molecular weight is 244 g/mol. The van der Waals surface area contributed by atoms with Crippen LogP contribution in [0.15, 0.2) is 18.2 Å². The summed E-state index contributed by atoms with van der Waals surface area (Å²) in [6, 6.07) is 6.08. The van der Waals surface area contributed by atoms with Crippen LogP contribution in [-0.4, -0.2) is 22.6 Å². The standard InChI is InChI=1S/C14H16N2O2/c1-9-15-11-8-10(4-5-12(11)16(9)2)14(6-7-14)13(17)18-3/h4-5,8H,6-7H2,1-3H3. The fourth-order valence-electron chi connectivity index (χ4n) is 2.55. The van der Waals surface area contributed by atoms with Crippen LogP contribution < -0.4 is 0 Å². The molecule has 1 heterocycles. The smallest absolute Gasteiger partial charge is 0.316 e. The summed E-state index contributed by atoms with van der Waals surface area (Å²) in [7, 11) is 3.45. The lowest BCUT2D eigenvalue weighted by atomic mass is 9.96. The van der Waals surface area contributed by atoms with E-state index in [0.29, 0.717) is 0 Å². The van der Waals surface area contributed by atoms with E-state index in [1.165, 1.54) is 7.11 Å². The predicted molar refractivity (Wildman–Crippen MR) is 68.4 cm³/mol. The highest BCUT2D eigenvalue weighted by Gasteiger charge is 2.52. The summed E-state index contributed by atoms with van der Waals surface area (Å²) in [6.07, 6.45) is 1.74. The summed E-state index contributed by atoms with van der Waals surface area (Å²) in [5, 5.41) is 0. The Kier molecular flexibility index (Phi) is 2.24. The van der Waals surface area contributed by atoms with Gasteiger partial charge in [0.2, 0.25) is 0 Å². The van der Waals surface area contributed by atoms with E-state index in [0.717, 1.165) is 35.3 Å². The number of benzene rings is 1. The molecule has 1 fully saturated rings. The summed E-state index contributed by atoms with van der Waals surface area (Å²) in [4.78, 5) is 16.4. The third-order valence-electron chi connectivity index (χ3n) is 3.98. The van der Waals surface area contributed by atoms with Crippen molar-refractivity contribution >= 4 is 17.0 Å². The number of hydrogen-bond donors (Lipinski definition) is 0. The Morgan fingerprint density at radius 1 is 1.44 bits per heavy atom. The molecule has 4 nitrogen and oxygen atoms in total. The zero-order valence-electron chi connectivity index (χ0n) is 10.9. The van der Waals surface area contributed by atoms with Gasteiger partial charge in [0.1, 0.15) is 5.82 Å². The zero-order chi connectivity index (χ0) is 12.9. The maximum absolute atomic E-state index is 11.9. The molecular weight excluding hydrogens is 228 g/mol. The molecular formula is C14H16N2O2. The minimum Gasteiger partial charge on any atom is -0.468 e. The van der Waals surface area contributed by atoms with Gasteiger partial charge in [0.05, 0.1) is 23.6 Å². The van der Waals surface area contributed by atoms with Gasteiger partial charge in [0.15, 0.2) is 0 Å². The number of rotatable bonds is 2. The van der Waals surface area contributed by atoms with Gasteiger partial charge in [-0.3, -0.25) is 4.79 Å². The number of carbonyl (C=O) groups excluding carboxylic acids is 1. The number of carbonyl (C=O) groups is 1. The minimum absolute atomic E-state index is 0.130. The van der Waals surface area contributed by atoms with Gasteiger partial charge in [0, 0.05) is 7.05 Å². The monoisotopic (exact) mass is 244 g/mol. The van der Waals surface area contributed by atoms with E-state index < -0.39 is 5.41 Å². The second-order valence-corrected chi connectivity index (χ2v) is 5.00. The molecule has 0 aliphatic heterocycles.